The topological polar surface area (TPSA) is 78.6 Å². The number of fused-ring (bicyclic) bond motifs is 2. The minimum absolute atomic E-state index is 0.0195. The highest BCUT2D eigenvalue weighted by Crippen LogP contribution is 2.47. The standard InChI is InChI=1S/C33H34N2O4S3/c1-4-10-24(19-32-34(5-2)28-22-27(14-16-30(28)40-32)25-11-7-6-8-12-25)20-33-35(17-9-18-42(37,38)39)29-21-26(23(3)36)13-15-31(29)41-33/h6-8,11-16,19-22H,4-5,9-10,17-18H2,1-3H3/p+1. The molecule has 0 amide bonds. The molecule has 9 heteroatoms. The normalized spacial score (nSPS) is 14.6. The lowest BCUT2D eigenvalue weighted by Crippen LogP contribution is -2.36. The van der Waals surface area contributed by atoms with Crippen molar-refractivity contribution < 1.29 is 22.3 Å². The summed E-state index contributed by atoms with van der Waals surface area (Å²) in [6, 6.07) is 22.8. The number of benzene rings is 3. The number of aryl methyl sites for hydroxylation is 1. The van der Waals surface area contributed by atoms with E-state index in [1.807, 2.05) is 24.3 Å². The number of allylic oxidation sites excluding steroid dienone is 2. The van der Waals surface area contributed by atoms with Crippen molar-refractivity contribution in [1.82, 2.24) is 0 Å². The second-order valence-corrected chi connectivity index (χ2v) is 14.0. The van der Waals surface area contributed by atoms with Gasteiger partial charge in [-0.3, -0.25) is 9.35 Å². The predicted octanol–water partition coefficient (Wildman–Crippen LogP) is 7.99. The number of nitrogens with zero attached hydrogens (tertiary/aromatic N) is 2. The molecule has 0 unspecified atom stereocenters. The van der Waals surface area contributed by atoms with Gasteiger partial charge in [-0.05, 0) is 67.3 Å². The molecule has 0 saturated heterocycles. The van der Waals surface area contributed by atoms with Crippen LogP contribution in [0.25, 0.3) is 27.4 Å². The Morgan fingerprint density at radius 2 is 1.81 bits per heavy atom. The monoisotopic (exact) mass is 619 g/mol. The molecule has 0 atom stereocenters. The van der Waals surface area contributed by atoms with Crippen LogP contribution in [0.3, 0.4) is 0 Å². The van der Waals surface area contributed by atoms with E-state index in [1.165, 1.54) is 32.3 Å². The van der Waals surface area contributed by atoms with Crippen molar-refractivity contribution in [2.75, 3.05) is 17.2 Å². The predicted molar refractivity (Wildman–Crippen MR) is 175 cm³/mol. The Bertz CT molecular complexity index is 1790. The lowest BCUT2D eigenvalue weighted by molar-refractivity contribution is -0.668. The van der Waals surface area contributed by atoms with Crippen LogP contribution in [0.1, 0.15) is 55.4 Å². The summed E-state index contributed by atoms with van der Waals surface area (Å²) in [6.45, 7) is 7.13. The molecule has 0 fully saturated rings. The van der Waals surface area contributed by atoms with Gasteiger partial charge in [0.1, 0.15) is 4.70 Å². The van der Waals surface area contributed by atoms with E-state index in [2.05, 4.69) is 77.9 Å². The summed E-state index contributed by atoms with van der Waals surface area (Å²) in [5, 5.41) is 2.16. The molecular weight excluding hydrogens is 585 g/mol. The Labute approximate surface area is 256 Å². The molecule has 2 heterocycles. The number of rotatable bonds is 11. The van der Waals surface area contributed by atoms with E-state index >= 15 is 0 Å². The van der Waals surface area contributed by atoms with Crippen LogP contribution < -0.4 is 9.47 Å². The van der Waals surface area contributed by atoms with Crippen molar-refractivity contribution in [3.8, 4) is 11.1 Å². The van der Waals surface area contributed by atoms with Gasteiger partial charge in [0.25, 0.3) is 15.1 Å². The molecular formula is C33H35N2O4S3+. The van der Waals surface area contributed by atoms with Crippen molar-refractivity contribution in [3.05, 3.63) is 94.0 Å². The third kappa shape index (κ3) is 6.86. The number of aromatic nitrogens is 1. The van der Waals surface area contributed by atoms with Crippen LogP contribution in [-0.4, -0.2) is 31.1 Å². The van der Waals surface area contributed by atoms with Crippen molar-refractivity contribution in [2.45, 2.75) is 51.5 Å². The zero-order chi connectivity index (χ0) is 29.9. The van der Waals surface area contributed by atoms with Crippen LogP contribution in [-0.2, 0) is 16.7 Å². The first-order chi connectivity index (χ1) is 20.2. The van der Waals surface area contributed by atoms with Gasteiger partial charge in [0, 0.05) is 35.6 Å². The minimum Gasteiger partial charge on any atom is -0.335 e. The number of thiazole rings is 1. The number of Topliss-reactive ketones (excluding diaryl/α,β-unsaturated/α-hetero) is 1. The number of ketones is 1. The van der Waals surface area contributed by atoms with Gasteiger partial charge in [-0.15, -0.1) is 0 Å². The van der Waals surface area contributed by atoms with Crippen molar-refractivity contribution in [2.24, 2.45) is 0 Å². The van der Waals surface area contributed by atoms with E-state index in [-0.39, 0.29) is 18.0 Å². The highest BCUT2D eigenvalue weighted by molar-refractivity contribution is 8.03. The molecule has 0 spiro atoms. The van der Waals surface area contributed by atoms with Gasteiger partial charge < -0.3 is 4.90 Å². The first-order valence-corrected chi connectivity index (χ1v) is 17.4. The van der Waals surface area contributed by atoms with Crippen LogP contribution in [0, 0.1) is 0 Å². The molecule has 3 aromatic carbocycles. The summed E-state index contributed by atoms with van der Waals surface area (Å²) in [4.78, 5) is 15.7. The Balaban J connectivity index is 1.53. The number of anilines is 1. The summed E-state index contributed by atoms with van der Waals surface area (Å²) < 4.78 is 35.3. The molecule has 1 aromatic heterocycles. The van der Waals surface area contributed by atoms with E-state index in [9.17, 15) is 17.8 Å². The molecule has 0 bridgehead atoms. The second kappa shape index (κ2) is 13.0. The average molecular weight is 620 g/mol. The maximum Gasteiger partial charge on any atom is 0.265 e. The molecule has 1 aliphatic heterocycles. The van der Waals surface area contributed by atoms with Gasteiger partial charge >= 0.3 is 0 Å². The maximum absolute atomic E-state index is 12.1. The summed E-state index contributed by atoms with van der Waals surface area (Å²) in [5.41, 5.74) is 6.29. The zero-order valence-electron chi connectivity index (χ0n) is 24.0. The quantitative estimate of drug-likeness (QED) is 0.104. The van der Waals surface area contributed by atoms with E-state index in [1.54, 1.807) is 30.0 Å². The molecule has 4 aromatic rings. The molecule has 6 nitrogen and oxygen atoms in total. The SMILES string of the molecule is CCCC(=Cc1sc2ccc(C(C)=O)cc2[n+]1CCCS(=O)(=O)O)C=C1Sc2ccc(-c3ccccc3)cc2N1CC. The second-order valence-electron chi connectivity index (χ2n) is 10.3. The van der Waals surface area contributed by atoms with E-state index < -0.39 is 10.1 Å². The fourth-order valence-electron chi connectivity index (χ4n) is 5.20. The van der Waals surface area contributed by atoms with Crippen LogP contribution >= 0.6 is 23.1 Å². The van der Waals surface area contributed by atoms with Gasteiger partial charge in [-0.25, -0.2) is 0 Å². The molecule has 0 saturated carbocycles. The van der Waals surface area contributed by atoms with Gasteiger partial charge in [-0.2, -0.15) is 13.0 Å². The van der Waals surface area contributed by atoms with Gasteiger partial charge in [0.15, 0.2) is 12.3 Å². The molecule has 218 valence electrons. The Hall–Kier alpha value is -3.24. The van der Waals surface area contributed by atoms with Crippen LogP contribution in [0.15, 0.2) is 88.3 Å². The van der Waals surface area contributed by atoms with E-state index in [4.69, 9.17) is 0 Å². The molecule has 42 heavy (non-hydrogen) atoms. The highest BCUT2D eigenvalue weighted by Gasteiger charge is 2.26. The zero-order valence-corrected chi connectivity index (χ0v) is 26.5. The van der Waals surface area contributed by atoms with Crippen LogP contribution in [0.5, 0.6) is 0 Å². The van der Waals surface area contributed by atoms with Crippen LogP contribution in [0.4, 0.5) is 5.69 Å². The van der Waals surface area contributed by atoms with E-state index in [0.717, 1.165) is 34.6 Å². The molecule has 0 radical (unpaired) electrons. The number of carbonyl (C=O) groups excluding carboxylic acids is 1. The van der Waals surface area contributed by atoms with Crippen molar-refractivity contribution in [3.63, 3.8) is 0 Å². The summed E-state index contributed by atoms with van der Waals surface area (Å²) >= 11 is 3.40. The summed E-state index contributed by atoms with van der Waals surface area (Å²) in [5.74, 6) is -0.335. The number of carbonyl (C=O) groups is 1. The number of thioether (sulfide) groups is 1. The van der Waals surface area contributed by atoms with Crippen molar-refractivity contribution >= 4 is 61.0 Å². The number of hydrogen-bond acceptors (Lipinski definition) is 6. The van der Waals surface area contributed by atoms with Crippen molar-refractivity contribution in [1.29, 1.82) is 0 Å². The molecule has 5 rings (SSSR count). The third-order valence-electron chi connectivity index (χ3n) is 7.23. The minimum atomic E-state index is -4.07. The Morgan fingerprint density at radius 1 is 1.02 bits per heavy atom. The third-order valence-corrected chi connectivity index (χ3v) is 10.3. The fourth-order valence-corrected chi connectivity index (χ4v) is 8.02. The molecule has 1 aliphatic rings. The summed E-state index contributed by atoms with van der Waals surface area (Å²) in [7, 11) is -4.07. The fraction of sp³-hybridized carbons (Fsp3) is 0.273. The Morgan fingerprint density at radius 3 is 2.50 bits per heavy atom. The van der Waals surface area contributed by atoms with E-state index in [0.29, 0.717) is 12.1 Å². The Kier molecular flexibility index (Phi) is 9.32. The average Bonchev–Trinajstić information content (AvgIpc) is 3.48. The van der Waals surface area contributed by atoms with Gasteiger partial charge in [0.05, 0.1) is 16.5 Å². The first kappa shape index (κ1) is 30.2. The maximum atomic E-state index is 12.1. The number of hydrogen-bond donors (Lipinski definition) is 1. The highest BCUT2D eigenvalue weighted by atomic mass is 32.2. The lowest BCUT2D eigenvalue weighted by atomic mass is 10.0. The molecule has 1 N–H and O–H groups in total. The largest absolute Gasteiger partial charge is 0.335 e. The van der Waals surface area contributed by atoms with Gasteiger partial charge in [-0.1, -0.05) is 72.8 Å². The first-order valence-electron chi connectivity index (χ1n) is 14.2. The molecule has 0 aliphatic carbocycles. The van der Waals surface area contributed by atoms with Crippen LogP contribution in [0.2, 0.25) is 0 Å². The lowest BCUT2D eigenvalue weighted by Gasteiger charge is -2.19. The van der Waals surface area contributed by atoms with Gasteiger partial charge in [0.2, 0.25) is 5.52 Å². The smallest absolute Gasteiger partial charge is 0.265 e. The summed E-state index contributed by atoms with van der Waals surface area (Å²) in [6.07, 6.45) is 6.58.